The first-order valence-corrected chi connectivity index (χ1v) is 7.53. The van der Waals surface area contributed by atoms with Crippen LogP contribution in [0.3, 0.4) is 0 Å². The maximum absolute atomic E-state index is 11.5. The lowest BCUT2D eigenvalue weighted by Crippen LogP contribution is -2.34. The summed E-state index contributed by atoms with van der Waals surface area (Å²) in [5.74, 6) is 1.42. The third kappa shape index (κ3) is 3.59. The lowest BCUT2D eigenvalue weighted by Gasteiger charge is -2.30. The number of nitrogens with one attached hydrogen (secondary N) is 1. The van der Waals surface area contributed by atoms with Crippen molar-refractivity contribution in [1.82, 2.24) is 9.97 Å². The Morgan fingerprint density at radius 1 is 1.48 bits per heavy atom. The van der Waals surface area contributed by atoms with Gasteiger partial charge in [-0.1, -0.05) is 13.8 Å². The monoisotopic (exact) mass is 293 g/mol. The molecule has 0 saturated carbocycles. The third-order valence-corrected chi connectivity index (χ3v) is 4.06. The van der Waals surface area contributed by atoms with E-state index in [2.05, 4.69) is 22.2 Å². The predicted molar refractivity (Wildman–Crippen MR) is 82.7 cm³/mol. The van der Waals surface area contributed by atoms with Crippen LogP contribution >= 0.6 is 0 Å². The highest BCUT2D eigenvalue weighted by molar-refractivity contribution is 5.70. The summed E-state index contributed by atoms with van der Waals surface area (Å²) >= 11 is 0. The van der Waals surface area contributed by atoms with Crippen LogP contribution < -0.4 is 10.2 Å². The summed E-state index contributed by atoms with van der Waals surface area (Å²) in [6, 6.07) is 0.132. The number of anilines is 2. The summed E-state index contributed by atoms with van der Waals surface area (Å²) < 4.78 is 0. The van der Waals surface area contributed by atoms with Crippen molar-refractivity contribution in [3.05, 3.63) is 16.4 Å². The number of piperidine rings is 1. The smallest absolute Gasteiger partial charge is 0.353 e. The molecule has 7 nitrogen and oxygen atoms in total. The molecule has 0 aliphatic carbocycles. The molecular weight excluding hydrogens is 270 g/mol. The van der Waals surface area contributed by atoms with Gasteiger partial charge in [-0.05, 0) is 32.1 Å². The van der Waals surface area contributed by atoms with Crippen LogP contribution in [0.2, 0.25) is 0 Å². The molecule has 0 spiro atoms. The van der Waals surface area contributed by atoms with Crippen molar-refractivity contribution in [2.24, 2.45) is 5.92 Å². The van der Waals surface area contributed by atoms with Gasteiger partial charge in [0.05, 0.1) is 4.92 Å². The van der Waals surface area contributed by atoms with Crippen LogP contribution in [0.15, 0.2) is 6.33 Å². The Labute approximate surface area is 124 Å². The number of rotatable bonds is 5. The van der Waals surface area contributed by atoms with Gasteiger partial charge >= 0.3 is 5.69 Å². The Bertz CT molecular complexity index is 500. The molecule has 1 aliphatic heterocycles. The zero-order chi connectivity index (χ0) is 15.4. The molecule has 0 amide bonds. The number of hydrogen-bond donors (Lipinski definition) is 1. The van der Waals surface area contributed by atoms with Gasteiger partial charge in [0.1, 0.15) is 6.33 Å². The molecule has 1 aromatic rings. The van der Waals surface area contributed by atoms with E-state index in [0.717, 1.165) is 32.4 Å². The molecule has 2 rings (SSSR count). The van der Waals surface area contributed by atoms with E-state index < -0.39 is 0 Å². The SMILES string of the molecule is CCC(C)Nc1ncnc(N2CCC(C)CC2)c1[N+](=O)[O-]. The van der Waals surface area contributed by atoms with Gasteiger partial charge in [0, 0.05) is 19.1 Å². The Hall–Kier alpha value is -1.92. The van der Waals surface area contributed by atoms with Crippen LogP contribution in [0.4, 0.5) is 17.3 Å². The lowest BCUT2D eigenvalue weighted by molar-refractivity contribution is -0.383. The molecule has 1 N–H and O–H groups in total. The van der Waals surface area contributed by atoms with Crippen LogP contribution in [0, 0.1) is 16.0 Å². The second-order valence-electron chi connectivity index (χ2n) is 5.77. The van der Waals surface area contributed by atoms with E-state index in [0.29, 0.717) is 17.6 Å². The van der Waals surface area contributed by atoms with E-state index in [4.69, 9.17) is 0 Å². The van der Waals surface area contributed by atoms with Gasteiger partial charge < -0.3 is 10.2 Å². The quantitative estimate of drug-likeness (QED) is 0.664. The summed E-state index contributed by atoms with van der Waals surface area (Å²) in [5.41, 5.74) is -0.00708. The molecule has 1 aliphatic rings. The minimum Gasteiger partial charge on any atom is -0.362 e. The molecule has 1 fully saturated rings. The van der Waals surface area contributed by atoms with Crippen molar-refractivity contribution >= 4 is 17.3 Å². The van der Waals surface area contributed by atoms with E-state index in [1.54, 1.807) is 0 Å². The second kappa shape index (κ2) is 6.69. The summed E-state index contributed by atoms with van der Waals surface area (Å²) in [7, 11) is 0. The zero-order valence-electron chi connectivity index (χ0n) is 12.9. The summed E-state index contributed by atoms with van der Waals surface area (Å²) in [4.78, 5) is 21.3. The fourth-order valence-electron chi connectivity index (χ4n) is 2.43. The number of hydrogen-bond acceptors (Lipinski definition) is 6. The van der Waals surface area contributed by atoms with Crippen molar-refractivity contribution in [2.75, 3.05) is 23.3 Å². The van der Waals surface area contributed by atoms with Gasteiger partial charge in [0.15, 0.2) is 0 Å². The lowest BCUT2D eigenvalue weighted by atomic mass is 9.99. The fourth-order valence-corrected chi connectivity index (χ4v) is 2.43. The van der Waals surface area contributed by atoms with Crippen LogP contribution in [0.1, 0.15) is 40.0 Å². The van der Waals surface area contributed by atoms with Crippen molar-refractivity contribution in [3.63, 3.8) is 0 Å². The van der Waals surface area contributed by atoms with E-state index in [1.165, 1.54) is 6.33 Å². The van der Waals surface area contributed by atoms with Gasteiger partial charge in [0.25, 0.3) is 0 Å². The zero-order valence-corrected chi connectivity index (χ0v) is 12.9. The molecule has 1 unspecified atom stereocenters. The highest BCUT2D eigenvalue weighted by atomic mass is 16.6. The molecule has 1 saturated heterocycles. The van der Waals surface area contributed by atoms with E-state index in [9.17, 15) is 10.1 Å². The number of nitro groups is 1. The van der Waals surface area contributed by atoms with Gasteiger partial charge in [0.2, 0.25) is 11.6 Å². The molecule has 1 atom stereocenters. The van der Waals surface area contributed by atoms with Gasteiger partial charge in [-0.3, -0.25) is 10.1 Å². The molecule has 1 aromatic heterocycles. The summed E-state index contributed by atoms with van der Waals surface area (Å²) in [5, 5.41) is 14.6. The molecule has 116 valence electrons. The maximum atomic E-state index is 11.5. The molecule has 0 aromatic carbocycles. The second-order valence-corrected chi connectivity index (χ2v) is 5.77. The third-order valence-electron chi connectivity index (χ3n) is 4.06. The Morgan fingerprint density at radius 3 is 2.71 bits per heavy atom. The number of nitrogens with zero attached hydrogens (tertiary/aromatic N) is 4. The fraction of sp³-hybridized carbons (Fsp3) is 0.714. The molecule has 2 heterocycles. The van der Waals surface area contributed by atoms with Crippen molar-refractivity contribution < 1.29 is 4.92 Å². The van der Waals surface area contributed by atoms with Gasteiger partial charge in [-0.25, -0.2) is 9.97 Å². The van der Waals surface area contributed by atoms with Crippen LogP contribution in [-0.2, 0) is 0 Å². The highest BCUT2D eigenvalue weighted by Crippen LogP contribution is 2.34. The van der Waals surface area contributed by atoms with Gasteiger partial charge in [-0.15, -0.1) is 0 Å². The molecule has 0 radical (unpaired) electrons. The topological polar surface area (TPSA) is 84.2 Å². The standard InChI is InChI=1S/C14H23N5O2/c1-4-11(3)17-13-12(19(20)21)14(16-9-15-13)18-7-5-10(2)6-8-18/h9-11H,4-8H2,1-3H3,(H,15,16,17). The summed E-state index contributed by atoms with van der Waals surface area (Å²) in [6.45, 7) is 7.83. The molecular formula is C14H23N5O2. The van der Waals surface area contributed by atoms with Crippen LogP contribution in [0.5, 0.6) is 0 Å². The van der Waals surface area contributed by atoms with Crippen molar-refractivity contribution in [3.8, 4) is 0 Å². The Balaban J connectivity index is 2.32. The number of aromatic nitrogens is 2. The van der Waals surface area contributed by atoms with E-state index in [-0.39, 0.29) is 16.7 Å². The maximum Gasteiger partial charge on any atom is 0.353 e. The minimum atomic E-state index is -0.377. The summed E-state index contributed by atoms with van der Waals surface area (Å²) in [6.07, 6.45) is 4.35. The normalized spacial score (nSPS) is 17.6. The average molecular weight is 293 g/mol. The molecule has 21 heavy (non-hydrogen) atoms. The largest absolute Gasteiger partial charge is 0.362 e. The first-order chi connectivity index (χ1) is 10.0. The van der Waals surface area contributed by atoms with E-state index >= 15 is 0 Å². The van der Waals surface area contributed by atoms with Crippen LogP contribution in [0.25, 0.3) is 0 Å². The predicted octanol–water partition coefficient (Wildman–Crippen LogP) is 2.83. The molecule has 7 heteroatoms. The average Bonchev–Trinajstić information content (AvgIpc) is 2.47. The van der Waals surface area contributed by atoms with Gasteiger partial charge in [-0.2, -0.15) is 0 Å². The van der Waals surface area contributed by atoms with Crippen molar-refractivity contribution in [2.45, 2.75) is 46.1 Å². The minimum absolute atomic E-state index is 0.00708. The first-order valence-electron chi connectivity index (χ1n) is 7.53. The first kappa shape index (κ1) is 15.5. The highest BCUT2D eigenvalue weighted by Gasteiger charge is 2.29. The van der Waals surface area contributed by atoms with Crippen LogP contribution in [-0.4, -0.2) is 34.0 Å². The Morgan fingerprint density at radius 2 is 2.14 bits per heavy atom. The Kier molecular flexibility index (Phi) is 4.93. The molecule has 0 bridgehead atoms. The van der Waals surface area contributed by atoms with E-state index in [1.807, 2.05) is 18.7 Å². The van der Waals surface area contributed by atoms with Crippen molar-refractivity contribution in [1.29, 1.82) is 0 Å².